The van der Waals surface area contributed by atoms with Gasteiger partial charge in [-0.2, -0.15) is 0 Å². The van der Waals surface area contributed by atoms with E-state index in [1.54, 1.807) is 0 Å². The van der Waals surface area contributed by atoms with Crippen molar-refractivity contribution in [2.75, 3.05) is 27.7 Å². The smallest absolute Gasteiger partial charge is 0.0441 e. The van der Waals surface area contributed by atoms with Crippen molar-refractivity contribution in [3.63, 3.8) is 0 Å². The molecule has 90 valence electrons. The van der Waals surface area contributed by atoms with Crippen LogP contribution in [0.2, 0.25) is 5.02 Å². The lowest BCUT2D eigenvalue weighted by atomic mass is 10.0. The largest absolute Gasteiger partial charge is 0.315 e. The molecule has 0 saturated carbocycles. The number of nitrogens with one attached hydrogen (secondary N) is 1. The van der Waals surface area contributed by atoms with Gasteiger partial charge >= 0.3 is 0 Å². The highest BCUT2D eigenvalue weighted by atomic mass is 35.5. The van der Waals surface area contributed by atoms with E-state index in [9.17, 15) is 0 Å². The predicted molar refractivity (Wildman–Crippen MR) is 71.3 cm³/mol. The second-order valence-corrected chi connectivity index (χ2v) is 4.95. The lowest BCUT2D eigenvalue weighted by Gasteiger charge is -2.21. The molecule has 16 heavy (non-hydrogen) atoms. The first-order valence-corrected chi connectivity index (χ1v) is 5.97. The Labute approximate surface area is 104 Å². The zero-order valence-corrected chi connectivity index (χ0v) is 11.3. The van der Waals surface area contributed by atoms with E-state index in [2.05, 4.69) is 43.4 Å². The number of nitrogens with zero attached hydrogens (tertiary/aromatic N) is 1. The lowest BCUT2D eigenvalue weighted by molar-refractivity contribution is 0.346. The molecule has 0 saturated heterocycles. The number of likely N-dealkylation sites (N-methyl/N-ethyl adjacent to an activating group) is 2. The summed E-state index contributed by atoms with van der Waals surface area (Å²) in [5, 5.41) is 4.20. The highest BCUT2D eigenvalue weighted by Crippen LogP contribution is 2.19. The number of rotatable bonds is 5. The van der Waals surface area contributed by atoms with Crippen LogP contribution in [0.1, 0.15) is 11.1 Å². The second-order valence-electron chi connectivity index (χ2n) is 4.55. The van der Waals surface area contributed by atoms with Gasteiger partial charge in [0.05, 0.1) is 0 Å². The molecular formula is C13H21ClN2. The molecule has 1 rings (SSSR count). The fraction of sp³-hybridized carbons (Fsp3) is 0.538. The summed E-state index contributed by atoms with van der Waals surface area (Å²) < 4.78 is 0. The maximum atomic E-state index is 6.23. The third-order valence-electron chi connectivity index (χ3n) is 2.67. The number of benzene rings is 1. The number of hydrogen-bond acceptors (Lipinski definition) is 2. The molecule has 1 atom stereocenters. The highest BCUT2D eigenvalue weighted by Gasteiger charge is 2.10. The maximum Gasteiger partial charge on any atom is 0.0441 e. The van der Waals surface area contributed by atoms with Crippen LogP contribution in [-0.2, 0) is 6.42 Å². The topological polar surface area (TPSA) is 15.3 Å². The molecule has 0 bridgehead atoms. The molecule has 0 fully saturated rings. The van der Waals surface area contributed by atoms with Crippen LogP contribution in [0.5, 0.6) is 0 Å². The summed E-state index contributed by atoms with van der Waals surface area (Å²) in [6.07, 6.45) is 0.966. The number of aryl methyl sites for hydroxylation is 1. The van der Waals surface area contributed by atoms with Gasteiger partial charge in [-0.25, -0.2) is 0 Å². The Morgan fingerprint density at radius 2 is 2.06 bits per heavy atom. The van der Waals surface area contributed by atoms with Crippen LogP contribution in [0.15, 0.2) is 18.2 Å². The van der Waals surface area contributed by atoms with Crippen LogP contribution in [-0.4, -0.2) is 38.6 Å². The van der Waals surface area contributed by atoms with Gasteiger partial charge in [-0.05, 0) is 51.7 Å². The van der Waals surface area contributed by atoms with E-state index in [0.717, 1.165) is 18.0 Å². The van der Waals surface area contributed by atoms with E-state index in [1.807, 2.05) is 13.1 Å². The molecule has 1 aromatic rings. The van der Waals surface area contributed by atoms with Crippen molar-refractivity contribution in [1.82, 2.24) is 10.2 Å². The minimum absolute atomic E-state index is 0.440. The lowest BCUT2D eigenvalue weighted by Crippen LogP contribution is -2.37. The molecule has 0 amide bonds. The Morgan fingerprint density at radius 3 is 2.56 bits per heavy atom. The van der Waals surface area contributed by atoms with Crippen LogP contribution in [0, 0.1) is 6.92 Å². The summed E-state index contributed by atoms with van der Waals surface area (Å²) in [7, 11) is 6.17. The van der Waals surface area contributed by atoms with Crippen molar-refractivity contribution >= 4 is 11.6 Å². The fourth-order valence-corrected chi connectivity index (χ4v) is 2.09. The van der Waals surface area contributed by atoms with E-state index < -0.39 is 0 Å². The first-order chi connectivity index (χ1) is 7.52. The van der Waals surface area contributed by atoms with E-state index >= 15 is 0 Å². The average molecular weight is 241 g/mol. The summed E-state index contributed by atoms with van der Waals surface area (Å²) in [5.41, 5.74) is 2.43. The van der Waals surface area contributed by atoms with Gasteiger partial charge in [0.1, 0.15) is 0 Å². The van der Waals surface area contributed by atoms with Crippen LogP contribution < -0.4 is 5.32 Å². The van der Waals surface area contributed by atoms with Gasteiger partial charge < -0.3 is 10.2 Å². The molecular weight excluding hydrogens is 220 g/mol. The zero-order chi connectivity index (χ0) is 12.1. The van der Waals surface area contributed by atoms with Crippen LogP contribution in [0.3, 0.4) is 0 Å². The molecule has 1 N–H and O–H groups in total. The number of halogens is 1. The fourth-order valence-electron chi connectivity index (χ4n) is 1.78. The van der Waals surface area contributed by atoms with Gasteiger partial charge in [0, 0.05) is 17.6 Å². The van der Waals surface area contributed by atoms with Gasteiger partial charge in [-0.3, -0.25) is 0 Å². The van der Waals surface area contributed by atoms with E-state index in [1.165, 1.54) is 11.1 Å². The van der Waals surface area contributed by atoms with E-state index in [0.29, 0.717) is 6.04 Å². The van der Waals surface area contributed by atoms with Gasteiger partial charge in [0.2, 0.25) is 0 Å². The molecule has 0 spiro atoms. The number of hydrogen-bond donors (Lipinski definition) is 1. The minimum atomic E-state index is 0.440. The van der Waals surface area contributed by atoms with Crippen molar-refractivity contribution in [3.05, 3.63) is 34.3 Å². The molecule has 0 heterocycles. The van der Waals surface area contributed by atoms with E-state index in [-0.39, 0.29) is 0 Å². The molecule has 3 heteroatoms. The monoisotopic (exact) mass is 240 g/mol. The maximum absolute atomic E-state index is 6.23. The first-order valence-electron chi connectivity index (χ1n) is 5.60. The summed E-state index contributed by atoms with van der Waals surface area (Å²) in [4.78, 5) is 2.18. The van der Waals surface area contributed by atoms with Gasteiger partial charge in [-0.1, -0.05) is 23.7 Å². The third-order valence-corrected chi connectivity index (χ3v) is 3.02. The Morgan fingerprint density at radius 1 is 1.38 bits per heavy atom. The quantitative estimate of drug-likeness (QED) is 0.850. The minimum Gasteiger partial charge on any atom is -0.315 e. The van der Waals surface area contributed by atoms with Crippen molar-refractivity contribution in [2.24, 2.45) is 0 Å². The summed E-state index contributed by atoms with van der Waals surface area (Å²) in [5.74, 6) is 0. The SMILES string of the molecule is CNC(Cc1ccc(C)cc1Cl)CN(C)C. The van der Waals surface area contributed by atoms with Crippen molar-refractivity contribution < 1.29 is 0 Å². The summed E-state index contributed by atoms with van der Waals surface area (Å²) >= 11 is 6.23. The van der Waals surface area contributed by atoms with Gasteiger partial charge in [-0.15, -0.1) is 0 Å². The van der Waals surface area contributed by atoms with Gasteiger partial charge in [0.25, 0.3) is 0 Å². The van der Waals surface area contributed by atoms with Crippen molar-refractivity contribution in [3.8, 4) is 0 Å². The molecule has 1 unspecified atom stereocenters. The Kier molecular flexibility index (Phi) is 5.26. The average Bonchev–Trinajstić information content (AvgIpc) is 2.20. The molecule has 0 aliphatic carbocycles. The molecule has 0 radical (unpaired) electrons. The molecule has 0 aliphatic rings. The Bertz CT molecular complexity index is 337. The predicted octanol–water partition coefficient (Wildman–Crippen LogP) is 2.34. The Hall–Kier alpha value is -0.570. The highest BCUT2D eigenvalue weighted by molar-refractivity contribution is 6.31. The van der Waals surface area contributed by atoms with Crippen molar-refractivity contribution in [1.29, 1.82) is 0 Å². The second kappa shape index (κ2) is 6.24. The third kappa shape index (κ3) is 4.12. The van der Waals surface area contributed by atoms with Crippen LogP contribution >= 0.6 is 11.6 Å². The Balaban J connectivity index is 2.70. The molecule has 0 aliphatic heterocycles. The van der Waals surface area contributed by atoms with Crippen LogP contribution in [0.25, 0.3) is 0 Å². The molecule has 0 aromatic heterocycles. The molecule has 1 aromatic carbocycles. The standard InChI is InChI=1S/C13H21ClN2/c1-10-5-6-11(13(14)7-10)8-12(15-2)9-16(3)4/h5-7,12,15H,8-9H2,1-4H3. The first kappa shape index (κ1) is 13.5. The zero-order valence-electron chi connectivity index (χ0n) is 10.5. The van der Waals surface area contributed by atoms with Crippen LogP contribution in [0.4, 0.5) is 0 Å². The van der Waals surface area contributed by atoms with Gasteiger partial charge in [0.15, 0.2) is 0 Å². The normalized spacial score (nSPS) is 13.1. The summed E-state index contributed by atoms with van der Waals surface area (Å²) in [6.45, 7) is 3.08. The van der Waals surface area contributed by atoms with E-state index in [4.69, 9.17) is 11.6 Å². The van der Waals surface area contributed by atoms with Crippen molar-refractivity contribution in [2.45, 2.75) is 19.4 Å². The summed E-state index contributed by atoms with van der Waals surface area (Å²) in [6, 6.07) is 6.70. The molecule has 2 nitrogen and oxygen atoms in total.